The first-order chi connectivity index (χ1) is 11.0. The van der Waals surface area contributed by atoms with E-state index >= 15 is 0 Å². The van der Waals surface area contributed by atoms with E-state index in [4.69, 9.17) is 4.74 Å². The van der Waals surface area contributed by atoms with Crippen LogP contribution in [0.2, 0.25) is 0 Å². The molecule has 0 spiro atoms. The summed E-state index contributed by atoms with van der Waals surface area (Å²) in [4.78, 5) is 12.5. The molecule has 1 atom stereocenters. The lowest BCUT2D eigenvalue weighted by atomic mass is 10.2. The molecule has 0 fully saturated rings. The van der Waals surface area contributed by atoms with Gasteiger partial charge in [-0.2, -0.15) is 8.78 Å². The smallest absolute Gasteiger partial charge is 0.288 e. The van der Waals surface area contributed by atoms with Crippen molar-refractivity contribution in [3.8, 4) is 5.75 Å². The van der Waals surface area contributed by atoms with E-state index in [1.54, 1.807) is 37.3 Å². The maximum absolute atomic E-state index is 12.5. The van der Waals surface area contributed by atoms with E-state index in [-0.39, 0.29) is 0 Å². The molecule has 0 bridgehead atoms. The summed E-state index contributed by atoms with van der Waals surface area (Å²) in [5.74, 6) is -2.36. The van der Waals surface area contributed by atoms with Crippen molar-refractivity contribution in [2.45, 2.75) is 30.6 Å². The van der Waals surface area contributed by atoms with Gasteiger partial charge in [0.05, 0.1) is 5.69 Å². The van der Waals surface area contributed by atoms with Crippen molar-refractivity contribution in [3.05, 3.63) is 54.1 Å². The molecule has 0 aliphatic carbocycles. The third-order valence-electron chi connectivity index (χ3n) is 3.03. The maximum atomic E-state index is 12.5. The van der Waals surface area contributed by atoms with Crippen LogP contribution in [-0.2, 0) is 4.79 Å². The molecule has 0 aromatic heterocycles. The average Bonchev–Trinajstić information content (AvgIpc) is 2.48. The van der Waals surface area contributed by atoms with Gasteiger partial charge in [0.1, 0.15) is 5.75 Å². The second kappa shape index (κ2) is 7.97. The lowest BCUT2D eigenvalue weighted by molar-refractivity contribution is -0.122. The van der Waals surface area contributed by atoms with Crippen molar-refractivity contribution in [3.63, 3.8) is 0 Å². The van der Waals surface area contributed by atoms with Crippen LogP contribution in [-0.4, -0.2) is 17.8 Å². The van der Waals surface area contributed by atoms with E-state index in [0.29, 0.717) is 28.1 Å². The molecule has 2 aromatic rings. The normalized spacial score (nSPS) is 12.0. The van der Waals surface area contributed by atoms with Gasteiger partial charge in [0.15, 0.2) is 6.10 Å². The summed E-state index contributed by atoms with van der Waals surface area (Å²) in [6.07, 6.45) is -0.749. The van der Waals surface area contributed by atoms with Gasteiger partial charge < -0.3 is 10.1 Å². The summed E-state index contributed by atoms with van der Waals surface area (Å²) in [6.45, 7) is 3.54. The van der Waals surface area contributed by atoms with Crippen LogP contribution in [0.5, 0.6) is 5.75 Å². The molecule has 6 heteroatoms. The molecular weight excluding hydrogens is 320 g/mol. The zero-order valence-electron chi connectivity index (χ0n) is 12.8. The van der Waals surface area contributed by atoms with Crippen LogP contribution < -0.4 is 10.1 Å². The van der Waals surface area contributed by atoms with E-state index in [1.165, 1.54) is 0 Å². The number of thioether (sulfide) groups is 1. The Kier molecular flexibility index (Phi) is 5.98. The minimum Gasteiger partial charge on any atom is -0.481 e. The molecular formula is C17H17F2NO2S. The Morgan fingerprint density at radius 3 is 2.61 bits per heavy atom. The fourth-order valence-electron chi connectivity index (χ4n) is 1.95. The van der Waals surface area contributed by atoms with Crippen LogP contribution in [0, 0.1) is 6.92 Å². The number of para-hydroxylation sites is 1. The van der Waals surface area contributed by atoms with Gasteiger partial charge in [-0.15, -0.1) is 0 Å². The number of carbonyl (C=O) groups excluding carboxylic acids is 1. The van der Waals surface area contributed by atoms with Crippen molar-refractivity contribution < 1.29 is 18.3 Å². The molecule has 2 aromatic carbocycles. The van der Waals surface area contributed by atoms with Gasteiger partial charge in [-0.1, -0.05) is 36.0 Å². The topological polar surface area (TPSA) is 38.3 Å². The monoisotopic (exact) mass is 337 g/mol. The summed E-state index contributed by atoms with van der Waals surface area (Å²) in [5.41, 5.74) is 1.37. The number of benzene rings is 2. The Morgan fingerprint density at radius 2 is 1.91 bits per heavy atom. The Bertz CT molecular complexity index is 679. The molecule has 0 aliphatic heterocycles. The number of alkyl halides is 2. The van der Waals surface area contributed by atoms with E-state index in [9.17, 15) is 13.6 Å². The number of nitrogens with one attached hydrogen (secondary N) is 1. The highest BCUT2D eigenvalue weighted by Crippen LogP contribution is 2.31. The number of anilines is 1. The molecule has 2 rings (SSSR count). The first-order valence-electron chi connectivity index (χ1n) is 7.03. The van der Waals surface area contributed by atoms with Gasteiger partial charge in [-0.3, -0.25) is 4.79 Å². The minimum absolute atomic E-state index is 0.318. The molecule has 0 aliphatic rings. The highest BCUT2D eigenvalue weighted by atomic mass is 32.2. The van der Waals surface area contributed by atoms with Crippen molar-refractivity contribution >= 4 is 23.4 Å². The van der Waals surface area contributed by atoms with Gasteiger partial charge in [0.25, 0.3) is 11.7 Å². The number of rotatable bonds is 6. The number of aryl methyl sites for hydroxylation is 1. The summed E-state index contributed by atoms with van der Waals surface area (Å²) in [7, 11) is 0. The number of carbonyl (C=O) groups is 1. The first kappa shape index (κ1) is 17.3. The molecule has 1 amide bonds. The lowest BCUT2D eigenvalue weighted by Crippen LogP contribution is -2.30. The van der Waals surface area contributed by atoms with E-state index < -0.39 is 17.8 Å². The predicted octanol–water partition coefficient (Wildman–Crippen LogP) is 4.72. The molecule has 122 valence electrons. The Labute approximate surface area is 138 Å². The van der Waals surface area contributed by atoms with Crippen molar-refractivity contribution in [1.29, 1.82) is 0 Å². The summed E-state index contributed by atoms with van der Waals surface area (Å²) >= 11 is 0.396. The van der Waals surface area contributed by atoms with Gasteiger partial charge >= 0.3 is 0 Å². The standard InChI is InChI=1S/C17H17F2NO2S/c1-11-6-5-7-13(10-11)22-12(2)16(21)20-14-8-3-4-9-15(14)23-17(18)19/h3-10,12,17H,1-2H3,(H,20,21)/t12-/m0/s1. The van der Waals surface area contributed by atoms with E-state index in [0.717, 1.165) is 5.56 Å². The predicted molar refractivity (Wildman–Crippen MR) is 88.2 cm³/mol. The molecule has 3 nitrogen and oxygen atoms in total. The molecule has 1 N–H and O–H groups in total. The quantitative estimate of drug-likeness (QED) is 0.776. The zero-order valence-corrected chi connectivity index (χ0v) is 13.6. The van der Waals surface area contributed by atoms with E-state index in [1.807, 2.05) is 25.1 Å². The van der Waals surface area contributed by atoms with E-state index in [2.05, 4.69) is 5.32 Å². The van der Waals surface area contributed by atoms with Crippen molar-refractivity contribution in [2.75, 3.05) is 5.32 Å². The van der Waals surface area contributed by atoms with Crippen LogP contribution >= 0.6 is 11.8 Å². The fourth-order valence-corrected chi connectivity index (χ4v) is 2.54. The number of halogens is 2. The summed E-state index contributed by atoms with van der Waals surface area (Å²) < 4.78 is 30.7. The summed E-state index contributed by atoms with van der Waals surface area (Å²) in [5, 5.41) is 2.63. The first-order valence-corrected chi connectivity index (χ1v) is 7.91. The largest absolute Gasteiger partial charge is 0.481 e. The van der Waals surface area contributed by atoms with Crippen molar-refractivity contribution in [2.24, 2.45) is 0 Å². The van der Waals surface area contributed by atoms with Crippen LogP contribution in [0.25, 0.3) is 0 Å². The van der Waals surface area contributed by atoms with Crippen molar-refractivity contribution in [1.82, 2.24) is 0 Å². The second-order valence-electron chi connectivity index (χ2n) is 4.94. The number of amides is 1. The van der Waals surface area contributed by atoms with Crippen LogP contribution in [0.1, 0.15) is 12.5 Å². The number of hydrogen-bond donors (Lipinski definition) is 1. The zero-order chi connectivity index (χ0) is 16.8. The van der Waals surface area contributed by atoms with Crippen LogP contribution in [0.3, 0.4) is 0 Å². The van der Waals surface area contributed by atoms with Gasteiger partial charge in [0.2, 0.25) is 0 Å². The van der Waals surface area contributed by atoms with Crippen LogP contribution in [0.4, 0.5) is 14.5 Å². The second-order valence-corrected chi connectivity index (χ2v) is 5.97. The SMILES string of the molecule is Cc1cccc(O[C@@H](C)C(=O)Nc2ccccc2SC(F)F)c1. The third kappa shape index (κ3) is 5.25. The number of ether oxygens (including phenoxy) is 1. The molecule has 0 unspecified atom stereocenters. The Morgan fingerprint density at radius 1 is 1.17 bits per heavy atom. The highest BCUT2D eigenvalue weighted by Gasteiger charge is 2.17. The highest BCUT2D eigenvalue weighted by molar-refractivity contribution is 7.99. The molecule has 23 heavy (non-hydrogen) atoms. The van der Waals surface area contributed by atoms with Gasteiger partial charge in [-0.25, -0.2) is 0 Å². The van der Waals surface area contributed by atoms with Gasteiger partial charge in [-0.05, 0) is 43.7 Å². The molecule has 0 saturated heterocycles. The molecule has 0 saturated carbocycles. The Hall–Kier alpha value is -2.08. The fraction of sp³-hybridized carbons (Fsp3) is 0.235. The van der Waals surface area contributed by atoms with Gasteiger partial charge in [0, 0.05) is 4.90 Å². The minimum atomic E-state index is -2.55. The average molecular weight is 337 g/mol. The molecule has 0 radical (unpaired) electrons. The lowest BCUT2D eigenvalue weighted by Gasteiger charge is -2.16. The van der Waals surface area contributed by atoms with Crippen LogP contribution in [0.15, 0.2) is 53.4 Å². The Balaban J connectivity index is 2.04. The third-order valence-corrected chi connectivity index (χ3v) is 3.82. The molecule has 0 heterocycles. The number of hydrogen-bond acceptors (Lipinski definition) is 3. The maximum Gasteiger partial charge on any atom is 0.288 e. The summed E-state index contributed by atoms with van der Waals surface area (Å²) in [6, 6.07) is 13.8.